The molecule has 1 aliphatic rings. The lowest BCUT2D eigenvalue weighted by Gasteiger charge is -2.34. The molecule has 7 heteroatoms. The van der Waals surface area contributed by atoms with Crippen LogP contribution < -0.4 is 19.8 Å². The lowest BCUT2D eigenvalue weighted by atomic mass is 10.0. The highest BCUT2D eigenvalue weighted by Gasteiger charge is 2.37. The lowest BCUT2D eigenvalue weighted by molar-refractivity contribution is -0.0655. The average molecular weight is 308 g/mol. The molecule has 2 N–H and O–H groups in total. The van der Waals surface area contributed by atoms with Crippen LogP contribution in [0.3, 0.4) is 0 Å². The molecule has 118 valence electrons. The molecule has 0 fully saturated rings. The molecule has 1 aromatic heterocycles. The number of ether oxygens (including phenoxy) is 3. The Kier molecular flexibility index (Phi) is 3.17. The van der Waals surface area contributed by atoms with Gasteiger partial charge >= 0.3 is 5.63 Å². The number of methoxy groups -OCH3 is 1. The maximum absolute atomic E-state index is 11.5. The SMILES string of the molecule is COc1c2c(c3oc(=O)ccc3c1O)OC(C(C)(C)O)CO2. The molecule has 0 spiro atoms. The molecular weight excluding hydrogens is 292 g/mol. The average Bonchev–Trinajstić information content (AvgIpc) is 2.46. The highest BCUT2D eigenvalue weighted by atomic mass is 16.6. The molecule has 1 aliphatic heterocycles. The normalized spacial score (nSPS) is 17.5. The number of benzene rings is 1. The Morgan fingerprint density at radius 1 is 1.32 bits per heavy atom. The van der Waals surface area contributed by atoms with Gasteiger partial charge in [-0.05, 0) is 19.9 Å². The summed E-state index contributed by atoms with van der Waals surface area (Å²) in [4.78, 5) is 11.5. The van der Waals surface area contributed by atoms with Gasteiger partial charge in [0, 0.05) is 6.07 Å². The summed E-state index contributed by atoms with van der Waals surface area (Å²) in [7, 11) is 1.38. The molecule has 1 unspecified atom stereocenters. The molecule has 0 saturated heterocycles. The van der Waals surface area contributed by atoms with Crippen molar-refractivity contribution < 1.29 is 28.8 Å². The molecular formula is C15H16O7. The fraction of sp³-hybridized carbons (Fsp3) is 0.400. The smallest absolute Gasteiger partial charge is 0.336 e. The Morgan fingerprint density at radius 2 is 2.05 bits per heavy atom. The van der Waals surface area contributed by atoms with Crippen molar-refractivity contribution in [3.05, 3.63) is 22.6 Å². The first-order valence-corrected chi connectivity index (χ1v) is 6.71. The van der Waals surface area contributed by atoms with E-state index in [9.17, 15) is 15.0 Å². The molecule has 0 saturated carbocycles. The summed E-state index contributed by atoms with van der Waals surface area (Å²) < 4.78 is 21.7. The van der Waals surface area contributed by atoms with Crippen molar-refractivity contribution in [3.8, 4) is 23.0 Å². The molecule has 0 amide bonds. The van der Waals surface area contributed by atoms with Gasteiger partial charge in [0.2, 0.25) is 17.2 Å². The number of hydrogen-bond donors (Lipinski definition) is 2. The summed E-state index contributed by atoms with van der Waals surface area (Å²) in [5, 5.41) is 20.6. The van der Waals surface area contributed by atoms with E-state index in [0.29, 0.717) is 0 Å². The topological polar surface area (TPSA) is 98.4 Å². The first-order chi connectivity index (χ1) is 10.3. The van der Waals surface area contributed by atoms with E-state index >= 15 is 0 Å². The number of fused-ring (bicyclic) bond motifs is 3. The predicted octanol–water partition coefficient (Wildman–Crippen LogP) is 1.42. The van der Waals surface area contributed by atoms with Crippen LogP contribution in [-0.2, 0) is 0 Å². The number of rotatable bonds is 2. The van der Waals surface area contributed by atoms with Gasteiger partial charge in [0.25, 0.3) is 0 Å². The summed E-state index contributed by atoms with van der Waals surface area (Å²) in [5.74, 6) is 0.152. The second-order valence-corrected chi connectivity index (χ2v) is 5.61. The molecule has 1 atom stereocenters. The summed E-state index contributed by atoms with van der Waals surface area (Å²) in [6.45, 7) is 3.24. The number of hydrogen-bond acceptors (Lipinski definition) is 7. The van der Waals surface area contributed by atoms with Gasteiger partial charge in [0.05, 0.1) is 18.1 Å². The van der Waals surface area contributed by atoms with Crippen LogP contribution >= 0.6 is 0 Å². The largest absolute Gasteiger partial charge is 0.504 e. The number of aromatic hydroxyl groups is 1. The Hall–Kier alpha value is -2.41. The first kappa shape index (κ1) is 14.5. The maximum atomic E-state index is 11.5. The maximum Gasteiger partial charge on any atom is 0.336 e. The van der Waals surface area contributed by atoms with Crippen LogP contribution in [0, 0.1) is 0 Å². The third-order valence-electron chi connectivity index (χ3n) is 3.55. The zero-order valence-corrected chi connectivity index (χ0v) is 12.4. The van der Waals surface area contributed by atoms with Gasteiger partial charge in [-0.25, -0.2) is 4.79 Å². The minimum absolute atomic E-state index is 0.0507. The van der Waals surface area contributed by atoms with Crippen molar-refractivity contribution in [1.29, 1.82) is 0 Å². The van der Waals surface area contributed by atoms with E-state index in [1.165, 1.54) is 19.2 Å². The second kappa shape index (κ2) is 4.81. The van der Waals surface area contributed by atoms with E-state index in [0.717, 1.165) is 0 Å². The number of phenolic OH excluding ortho intramolecular Hbond substituents is 1. The third-order valence-corrected chi connectivity index (χ3v) is 3.55. The van der Waals surface area contributed by atoms with Crippen LogP contribution in [0.5, 0.6) is 23.0 Å². The minimum Gasteiger partial charge on any atom is -0.504 e. The molecule has 22 heavy (non-hydrogen) atoms. The quantitative estimate of drug-likeness (QED) is 0.809. The van der Waals surface area contributed by atoms with E-state index in [4.69, 9.17) is 18.6 Å². The van der Waals surface area contributed by atoms with E-state index in [1.807, 2.05) is 0 Å². The monoisotopic (exact) mass is 308 g/mol. The zero-order valence-electron chi connectivity index (χ0n) is 12.4. The standard InChI is InChI=1S/C15H16O7/c1-15(2,18)8-6-20-13-12(19-3)10(17)7-4-5-9(16)22-11(7)14(13)21-8/h4-5,8,17-18H,6H2,1-3H3. The molecule has 0 radical (unpaired) electrons. The van der Waals surface area contributed by atoms with Crippen LogP contribution in [0.1, 0.15) is 13.8 Å². The first-order valence-electron chi connectivity index (χ1n) is 6.71. The highest BCUT2D eigenvalue weighted by molar-refractivity contribution is 5.94. The van der Waals surface area contributed by atoms with Crippen LogP contribution in [0.4, 0.5) is 0 Å². The van der Waals surface area contributed by atoms with Crippen molar-refractivity contribution in [2.24, 2.45) is 0 Å². The van der Waals surface area contributed by atoms with E-state index < -0.39 is 17.3 Å². The van der Waals surface area contributed by atoms with Crippen LogP contribution in [0.15, 0.2) is 21.3 Å². The van der Waals surface area contributed by atoms with Crippen LogP contribution in [0.2, 0.25) is 0 Å². The Balaban J connectivity index is 2.30. The number of phenols is 1. The Labute approximate surface area is 125 Å². The molecule has 0 aliphatic carbocycles. The Bertz CT molecular complexity index is 785. The van der Waals surface area contributed by atoms with E-state index in [-0.39, 0.29) is 40.6 Å². The Morgan fingerprint density at radius 3 is 2.68 bits per heavy atom. The zero-order chi connectivity index (χ0) is 16.1. The van der Waals surface area contributed by atoms with Gasteiger partial charge in [-0.2, -0.15) is 0 Å². The van der Waals surface area contributed by atoms with Crippen molar-refractivity contribution in [2.45, 2.75) is 25.6 Å². The van der Waals surface area contributed by atoms with Gasteiger partial charge < -0.3 is 28.8 Å². The highest BCUT2D eigenvalue weighted by Crippen LogP contribution is 2.52. The fourth-order valence-corrected chi connectivity index (χ4v) is 2.32. The molecule has 0 bridgehead atoms. The molecule has 3 rings (SSSR count). The summed E-state index contributed by atoms with van der Waals surface area (Å²) in [6, 6.07) is 2.60. The van der Waals surface area contributed by atoms with Crippen molar-refractivity contribution in [1.82, 2.24) is 0 Å². The summed E-state index contributed by atoms with van der Waals surface area (Å²) >= 11 is 0. The van der Waals surface area contributed by atoms with Gasteiger partial charge in [0.15, 0.2) is 17.4 Å². The van der Waals surface area contributed by atoms with E-state index in [2.05, 4.69) is 0 Å². The molecule has 7 nitrogen and oxygen atoms in total. The van der Waals surface area contributed by atoms with Gasteiger partial charge in [-0.3, -0.25) is 0 Å². The summed E-state index contributed by atoms with van der Waals surface area (Å²) in [6.07, 6.45) is -0.664. The third kappa shape index (κ3) is 2.14. The predicted molar refractivity (Wildman–Crippen MR) is 76.9 cm³/mol. The van der Waals surface area contributed by atoms with Gasteiger partial charge in [-0.15, -0.1) is 0 Å². The summed E-state index contributed by atoms with van der Waals surface area (Å²) in [5.41, 5.74) is -1.70. The van der Waals surface area contributed by atoms with Crippen molar-refractivity contribution in [3.63, 3.8) is 0 Å². The van der Waals surface area contributed by atoms with E-state index in [1.54, 1.807) is 13.8 Å². The van der Waals surface area contributed by atoms with Gasteiger partial charge in [0.1, 0.15) is 6.61 Å². The minimum atomic E-state index is -1.16. The van der Waals surface area contributed by atoms with Gasteiger partial charge in [-0.1, -0.05) is 0 Å². The molecule has 1 aromatic carbocycles. The van der Waals surface area contributed by atoms with Crippen LogP contribution in [-0.4, -0.2) is 35.6 Å². The van der Waals surface area contributed by atoms with Crippen LogP contribution in [0.25, 0.3) is 11.0 Å². The van der Waals surface area contributed by atoms with Crippen molar-refractivity contribution >= 4 is 11.0 Å². The number of aliphatic hydroxyl groups is 1. The molecule has 2 aromatic rings. The van der Waals surface area contributed by atoms with Crippen molar-refractivity contribution in [2.75, 3.05) is 13.7 Å². The lowest BCUT2D eigenvalue weighted by Crippen LogP contribution is -2.46. The second-order valence-electron chi connectivity index (χ2n) is 5.61. The fourth-order valence-electron chi connectivity index (χ4n) is 2.32. The molecule has 2 heterocycles.